The molecule has 18 heavy (non-hydrogen) atoms. The minimum Gasteiger partial charge on any atom is -0.494 e. The van der Waals surface area contributed by atoms with Crippen molar-refractivity contribution >= 4 is 11.7 Å². The third kappa shape index (κ3) is 2.57. The number of rotatable bonds is 3. The van der Waals surface area contributed by atoms with Gasteiger partial charge in [0.25, 0.3) is 11.5 Å². The highest BCUT2D eigenvalue weighted by atomic mass is 16.3. The van der Waals surface area contributed by atoms with E-state index in [2.05, 4.69) is 20.5 Å². The van der Waals surface area contributed by atoms with Gasteiger partial charge < -0.3 is 10.4 Å². The number of aromatic amines is 2. The summed E-state index contributed by atoms with van der Waals surface area (Å²) in [5.74, 6) is -0.494. The molecule has 2 heterocycles. The molecular weight excluding hydrogens is 236 g/mol. The highest BCUT2D eigenvalue weighted by Crippen LogP contribution is 2.09. The first kappa shape index (κ1) is 11.9. The van der Waals surface area contributed by atoms with E-state index in [0.717, 1.165) is 18.2 Å². The Morgan fingerprint density at radius 3 is 2.83 bits per heavy atom. The summed E-state index contributed by atoms with van der Waals surface area (Å²) in [7, 11) is 0. The molecule has 94 valence electrons. The lowest BCUT2D eigenvalue weighted by Crippen LogP contribution is -2.16. The molecule has 0 saturated heterocycles. The number of carbonyl (C=O) groups is 1. The van der Waals surface area contributed by atoms with Crippen LogP contribution < -0.4 is 10.9 Å². The fourth-order valence-electron chi connectivity index (χ4n) is 1.45. The van der Waals surface area contributed by atoms with Gasteiger partial charge in [0.1, 0.15) is 0 Å². The van der Waals surface area contributed by atoms with E-state index in [0.29, 0.717) is 5.82 Å². The molecule has 1 amide bonds. The van der Waals surface area contributed by atoms with Crippen LogP contribution in [0.25, 0.3) is 0 Å². The Morgan fingerprint density at radius 2 is 2.22 bits per heavy atom. The third-order valence-electron chi connectivity index (χ3n) is 2.35. The molecule has 0 radical (unpaired) electrons. The Kier molecular flexibility index (Phi) is 3.13. The monoisotopic (exact) mass is 248 g/mol. The molecule has 2 rings (SSSR count). The fourth-order valence-corrected chi connectivity index (χ4v) is 1.45. The van der Waals surface area contributed by atoms with E-state index in [-0.39, 0.29) is 11.4 Å². The van der Waals surface area contributed by atoms with Gasteiger partial charge in [0.05, 0.1) is 5.56 Å². The van der Waals surface area contributed by atoms with Crippen LogP contribution in [-0.4, -0.2) is 26.2 Å². The Hall–Kier alpha value is -2.57. The zero-order valence-electron chi connectivity index (χ0n) is 9.65. The Bertz CT molecular complexity index is 629. The smallest absolute Gasteiger partial charge is 0.257 e. The summed E-state index contributed by atoms with van der Waals surface area (Å²) in [5, 5.41) is 18.4. The van der Waals surface area contributed by atoms with Gasteiger partial charge >= 0.3 is 0 Å². The van der Waals surface area contributed by atoms with E-state index in [1.54, 1.807) is 6.07 Å². The van der Waals surface area contributed by atoms with Crippen molar-refractivity contribution in [3.05, 3.63) is 39.8 Å². The van der Waals surface area contributed by atoms with Gasteiger partial charge in [-0.15, -0.1) is 0 Å². The van der Waals surface area contributed by atoms with Crippen molar-refractivity contribution in [3.8, 4) is 5.88 Å². The maximum Gasteiger partial charge on any atom is 0.257 e. The maximum absolute atomic E-state index is 11.8. The predicted octanol–water partition coefficient (Wildman–Crippen LogP) is 0.618. The molecular formula is C11H12N4O3. The highest BCUT2D eigenvalue weighted by Gasteiger charge is 2.10. The van der Waals surface area contributed by atoms with E-state index >= 15 is 0 Å². The van der Waals surface area contributed by atoms with E-state index in [4.69, 9.17) is 0 Å². The molecule has 0 bridgehead atoms. The lowest BCUT2D eigenvalue weighted by atomic mass is 10.2. The Morgan fingerprint density at radius 1 is 1.44 bits per heavy atom. The van der Waals surface area contributed by atoms with Crippen LogP contribution >= 0.6 is 0 Å². The molecule has 0 unspecified atom stereocenters. The number of pyridine rings is 1. The van der Waals surface area contributed by atoms with Crippen molar-refractivity contribution in [1.82, 2.24) is 15.2 Å². The number of aryl methyl sites for hydroxylation is 1. The molecule has 4 N–H and O–H groups in total. The number of hydrogen-bond acceptors (Lipinski definition) is 4. The summed E-state index contributed by atoms with van der Waals surface area (Å²) in [5.41, 5.74) is 0.410. The molecule has 7 heteroatoms. The predicted molar refractivity (Wildman–Crippen MR) is 64.6 cm³/mol. The van der Waals surface area contributed by atoms with Crippen LogP contribution in [0.15, 0.2) is 23.0 Å². The molecule has 0 fully saturated rings. The van der Waals surface area contributed by atoms with Crippen LogP contribution in [-0.2, 0) is 6.42 Å². The second-order valence-electron chi connectivity index (χ2n) is 3.70. The molecule has 0 aliphatic carbocycles. The van der Waals surface area contributed by atoms with Crippen molar-refractivity contribution in [1.29, 1.82) is 0 Å². The summed E-state index contributed by atoms with van der Waals surface area (Å²) < 4.78 is 0. The summed E-state index contributed by atoms with van der Waals surface area (Å²) in [6.45, 7) is 1.95. The van der Waals surface area contributed by atoms with E-state index in [1.165, 1.54) is 6.07 Å². The molecule has 7 nitrogen and oxygen atoms in total. The zero-order chi connectivity index (χ0) is 13.1. The van der Waals surface area contributed by atoms with Crippen molar-refractivity contribution < 1.29 is 9.90 Å². The molecule has 0 aliphatic heterocycles. The minimum atomic E-state index is -0.545. The van der Waals surface area contributed by atoms with Gasteiger partial charge in [-0.05, 0) is 6.42 Å². The number of hydrogen-bond donors (Lipinski definition) is 4. The van der Waals surface area contributed by atoms with Crippen LogP contribution in [0.3, 0.4) is 0 Å². The number of nitrogens with zero attached hydrogens (tertiary/aromatic N) is 1. The number of carbonyl (C=O) groups excluding carboxylic acids is 1. The van der Waals surface area contributed by atoms with Crippen molar-refractivity contribution in [2.45, 2.75) is 13.3 Å². The average molecular weight is 248 g/mol. The zero-order valence-corrected chi connectivity index (χ0v) is 9.65. The Labute approximate surface area is 102 Å². The van der Waals surface area contributed by atoms with Crippen LogP contribution in [0.2, 0.25) is 0 Å². The summed E-state index contributed by atoms with van der Waals surface area (Å²) in [6.07, 6.45) is 0.772. The van der Waals surface area contributed by atoms with Gasteiger partial charge in [-0.25, -0.2) is 0 Å². The van der Waals surface area contributed by atoms with E-state index < -0.39 is 11.5 Å². The second kappa shape index (κ2) is 4.74. The first-order chi connectivity index (χ1) is 8.58. The van der Waals surface area contributed by atoms with Gasteiger partial charge in [-0.3, -0.25) is 19.7 Å². The molecule has 0 saturated carbocycles. The van der Waals surface area contributed by atoms with Crippen LogP contribution in [0.1, 0.15) is 23.0 Å². The van der Waals surface area contributed by atoms with Gasteiger partial charge in [-0.1, -0.05) is 6.92 Å². The number of nitrogens with one attached hydrogen (secondary N) is 3. The number of aromatic nitrogens is 3. The van der Waals surface area contributed by atoms with Gasteiger partial charge in [0.2, 0.25) is 0 Å². The topological polar surface area (TPSA) is 111 Å². The summed E-state index contributed by atoms with van der Waals surface area (Å²) in [4.78, 5) is 25.0. The number of amides is 1. The van der Waals surface area contributed by atoms with Crippen LogP contribution in [0.4, 0.5) is 5.82 Å². The molecule has 0 atom stereocenters. The first-order valence-corrected chi connectivity index (χ1v) is 5.37. The molecule has 0 aliphatic rings. The third-order valence-corrected chi connectivity index (χ3v) is 2.35. The maximum atomic E-state index is 11.8. The van der Waals surface area contributed by atoms with Crippen molar-refractivity contribution in [3.63, 3.8) is 0 Å². The molecule has 0 spiro atoms. The summed E-state index contributed by atoms with van der Waals surface area (Å²) in [6, 6.07) is 3.97. The van der Waals surface area contributed by atoms with Gasteiger partial charge in [-0.2, -0.15) is 5.10 Å². The lowest BCUT2D eigenvalue weighted by Gasteiger charge is -2.01. The first-order valence-electron chi connectivity index (χ1n) is 5.37. The van der Waals surface area contributed by atoms with E-state index in [9.17, 15) is 14.7 Å². The fraction of sp³-hybridized carbons (Fsp3) is 0.182. The highest BCUT2D eigenvalue weighted by molar-refractivity contribution is 6.03. The van der Waals surface area contributed by atoms with Gasteiger partial charge in [0, 0.05) is 23.9 Å². The standard InChI is InChI=1S/C11H12N4O3/c1-2-7-5-8(15-14-7)12-11(18)6-3-9(16)13-10(17)4-6/h3-5H,2H2,1H3,(H2,13,16,17)(H2,12,14,15,18). The molecule has 2 aromatic rings. The largest absolute Gasteiger partial charge is 0.494 e. The molecule has 0 aromatic carbocycles. The number of aromatic hydroxyl groups is 1. The lowest BCUT2D eigenvalue weighted by molar-refractivity contribution is 0.102. The minimum absolute atomic E-state index is 0.0669. The van der Waals surface area contributed by atoms with Crippen LogP contribution in [0.5, 0.6) is 5.88 Å². The number of H-pyrrole nitrogens is 2. The normalized spacial score (nSPS) is 10.3. The van der Waals surface area contributed by atoms with E-state index in [1.807, 2.05) is 6.92 Å². The van der Waals surface area contributed by atoms with Crippen molar-refractivity contribution in [2.24, 2.45) is 0 Å². The SMILES string of the molecule is CCc1cc(NC(=O)c2cc(O)[nH]c(=O)c2)n[nH]1. The second-order valence-corrected chi connectivity index (χ2v) is 3.70. The van der Waals surface area contributed by atoms with Crippen LogP contribution in [0, 0.1) is 0 Å². The average Bonchev–Trinajstić information content (AvgIpc) is 2.75. The number of anilines is 1. The summed E-state index contributed by atoms with van der Waals surface area (Å²) >= 11 is 0. The Balaban J connectivity index is 2.18. The van der Waals surface area contributed by atoms with Gasteiger partial charge in [0.15, 0.2) is 11.7 Å². The van der Waals surface area contributed by atoms with Crippen molar-refractivity contribution in [2.75, 3.05) is 5.32 Å². The quantitative estimate of drug-likeness (QED) is 0.638. The molecule has 2 aromatic heterocycles.